The summed E-state index contributed by atoms with van der Waals surface area (Å²) < 4.78 is 0. The van der Waals surface area contributed by atoms with Crippen molar-refractivity contribution < 1.29 is 9.90 Å². The first-order valence-corrected chi connectivity index (χ1v) is 6.39. The van der Waals surface area contributed by atoms with Gasteiger partial charge in [-0.2, -0.15) is 11.8 Å². The van der Waals surface area contributed by atoms with Crippen LogP contribution < -0.4 is 5.32 Å². The summed E-state index contributed by atoms with van der Waals surface area (Å²) >= 11 is 1.91. The number of carbonyl (C=O) groups is 1. The van der Waals surface area contributed by atoms with Gasteiger partial charge in [0.05, 0.1) is 6.10 Å². The average molecular weight is 217 g/mol. The number of rotatable bonds is 4. The van der Waals surface area contributed by atoms with Gasteiger partial charge in [0, 0.05) is 18.2 Å². The second-order valence-electron chi connectivity index (χ2n) is 3.87. The lowest BCUT2D eigenvalue weighted by atomic mass is 10.1. The molecule has 1 heterocycles. The first-order chi connectivity index (χ1) is 6.68. The Balaban J connectivity index is 2.12. The summed E-state index contributed by atoms with van der Waals surface area (Å²) in [6.45, 7) is 1.71. The van der Waals surface area contributed by atoms with Crippen molar-refractivity contribution >= 4 is 17.7 Å². The van der Waals surface area contributed by atoms with Crippen LogP contribution in [0, 0.1) is 0 Å². The first kappa shape index (κ1) is 11.9. The molecule has 0 aromatic heterocycles. The van der Waals surface area contributed by atoms with Gasteiger partial charge in [0.15, 0.2) is 0 Å². The molecule has 1 aliphatic rings. The zero-order valence-electron chi connectivity index (χ0n) is 8.66. The molecule has 0 aromatic carbocycles. The molecule has 1 saturated heterocycles. The molecule has 2 unspecified atom stereocenters. The van der Waals surface area contributed by atoms with Crippen LogP contribution in [0.2, 0.25) is 0 Å². The van der Waals surface area contributed by atoms with E-state index in [1.54, 1.807) is 6.92 Å². The topological polar surface area (TPSA) is 49.3 Å². The Morgan fingerprint density at radius 3 is 3.07 bits per heavy atom. The van der Waals surface area contributed by atoms with E-state index in [1.165, 1.54) is 12.2 Å². The summed E-state index contributed by atoms with van der Waals surface area (Å²) in [7, 11) is 0. The Morgan fingerprint density at radius 2 is 2.50 bits per heavy atom. The molecule has 1 fully saturated rings. The number of hydrogen-bond donors (Lipinski definition) is 2. The number of nitrogens with one attached hydrogen (secondary N) is 1. The zero-order chi connectivity index (χ0) is 10.4. The molecule has 82 valence electrons. The van der Waals surface area contributed by atoms with Gasteiger partial charge in [0.25, 0.3) is 0 Å². The van der Waals surface area contributed by atoms with Crippen LogP contribution >= 0.6 is 11.8 Å². The van der Waals surface area contributed by atoms with E-state index < -0.39 is 0 Å². The Labute approximate surface area is 89.6 Å². The molecule has 0 aromatic rings. The summed E-state index contributed by atoms with van der Waals surface area (Å²) in [5.41, 5.74) is 0. The highest BCUT2D eigenvalue weighted by atomic mass is 32.2. The maximum atomic E-state index is 11.4. The molecule has 0 aliphatic carbocycles. The minimum absolute atomic E-state index is 0.0819. The van der Waals surface area contributed by atoms with Gasteiger partial charge in [0.2, 0.25) is 5.91 Å². The third kappa shape index (κ3) is 4.86. The normalized spacial score (nSPS) is 24.3. The molecular formula is C10H19NO2S. The predicted molar refractivity (Wildman–Crippen MR) is 59.4 cm³/mol. The van der Waals surface area contributed by atoms with Crippen molar-refractivity contribution in [2.45, 2.75) is 44.8 Å². The molecular weight excluding hydrogens is 198 g/mol. The highest BCUT2D eigenvalue weighted by Crippen LogP contribution is 2.16. The van der Waals surface area contributed by atoms with Crippen molar-refractivity contribution in [2.24, 2.45) is 0 Å². The first-order valence-electron chi connectivity index (χ1n) is 5.23. The van der Waals surface area contributed by atoms with Crippen molar-refractivity contribution in [3.63, 3.8) is 0 Å². The SMILES string of the molecule is CC(O)CCC(=O)NC1CCCSC1. The summed E-state index contributed by atoms with van der Waals surface area (Å²) in [4.78, 5) is 11.4. The lowest BCUT2D eigenvalue weighted by Crippen LogP contribution is -2.38. The molecule has 1 rings (SSSR count). The van der Waals surface area contributed by atoms with E-state index in [2.05, 4.69) is 5.32 Å². The maximum Gasteiger partial charge on any atom is 0.220 e. The molecule has 14 heavy (non-hydrogen) atoms. The zero-order valence-corrected chi connectivity index (χ0v) is 9.48. The molecule has 0 bridgehead atoms. The predicted octanol–water partition coefficient (Wildman–Crippen LogP) is 1.16. The average Bonchev–Trinajstić information content (AvgIpc) is 2.16. The van der Waals surface area contributed by atoms with Crippen LogP contribution in [0.4, 0.5) is 0 Å². The van der Waals surface area contributed by atoms with E-state index in [9.17, 15) is 4.79 Å². The van der Waals surface area contributed by atoms with Gasteiger partial charge in [-0.15, -0.1) is 0 Å². The molecule has 2 atom stereocenters. The van der Waals surface area contributed by atoms with Crippen molar-refractivity contribution in [3.05, 3.63) is 0 Å². The van der Waals surface area contributed by atoms with Crippen molar-refractivity contribution in [2.75, 3.05) is 11.5 Å². The fourth-order valence-corrected chi connectivity index (χ4v) is 2.57. The Kier molecular flexibility index (Phi) is 5.33. The molecule has 0 saturated carbocycles. The summed E-state index contributed by atoms with van der Waals surface area (Å²) in [6.07, 6.45) is 2.94. The Bertz CT molecular complexity index is 179. The molecule has 1 amide bonds. The highest BCUT2D eigenvalue weighted by molar-refractivity contribution is 7.99. The van der Waals surface area contributed by atoms with E-state index in [1.807, 2.05) is 11.8 Å². The van der Waals surface area contributed by atoms with Gasteiger partial charge in [-0.05, 0) is 31.9 Å². The third-order valence-electron chi connectivity index (χ3n) is 2.31. The van der Waals surface area contributed by atoms with Crippen molar-refractivity contribution in [3.8, 4) is 0 Å². The second kappa shape index (κ2) is 6.30. The summed E-state index contributed by atoms with van der Waals surface area (Å²) in [5.74, 6) is 2.35. The smallest absolute Gasteiger partial charge is 0.220 e. The van der Waals surface area contributed by atoms with E-state index >= 15 is 0 Å². The lowest BCUT2D eigenvalue weighted by Gasteiger charge is -2.22. The molecule has 0 radical (unpaired) electrons. The summed E-state index contributed by atoms with van der Waals surface area (Å²) in [6, 6.07) is 0.357. The van der Waals surface area contributed by atoms with Gasteiger partial charge in [-0.1, -0.05) is 0 Å². The van der Waals surface area contributed by atoms with Crippen LogP contribution in [0.3, 0.4) is 0 Å². The molecule has 0 spiro atoms. The molecule has 4 heteroatoms. The molecule has 3 nitrogen and oxygen atoms in total. The minimum atomic E-state index is -0.374. The van der Waals surface area contributed by atoms with Crippen LogP contribution in [0.1, 0.15) is 32.6 Å². The van der Waals surface area contributed by atoms with E-state index in [0.717, 1.165) is 12.2 Å². The van der Waals surface area contributed by atoms with Gasteiger partial charge in [-0.25, -0.2) is 0 Å². The van der Waals surface area contributed by atoms with Crippen LogP contribution in [0.25, 0.3) is 0 Å². The number of aliphatic hydroxyl groups is 1. The van der Waals surface area contributed by atoms with Gasteiger partial charge < -0.3 is 10.4 Å². The number of thioether (sulfide) groups is 1. The van der Waals surface area contributed by atoms with Gasteiger partial charge in [0.1, 0.15) is 0 Å². The van der Waals surface area contributed by atoms with E-state index in [-0.39, 0.29) is 12.0 Å². The van der Waals surface area contributed by atoms with Crippen molar-refractivity contribution in [1.82, 2.24) is 5.32 Å². The van der Waals surface area contributed by atoms with Crippen LogP contribution in [-0.4, -0.2) is 34.7 Å². The Morgan fingerprint density at radius 1 is 1.71 bits per heavy atom. The van der Waals surface area contributed by atoms with E-state index in [4.69, 9.17) is 5.11 Å². The maximum absolute atomic E-state index is 11.4. The molecule has 1 aliphatic heterocycles. The Hall–Kier alpha value is -0.220. The van der Waals surface area contributed by atoms with Crippen LogP contribution in [0.5, 0.6) is 0 Å². The quantitative estimate of drug-likeness (QED) is 0.743. The number of amides is 1. The third-order valence-corrected chi connectivity index (χ3v) is 3.53. The standard InChI is InChI=1S/C10H19NO2S/c1-8(12)4-5-10(13)11-9-3-2-6-14-7-9/h8-9,12H,2-7H2,1H3,(H,11,13). The number of carbonyl (C=O) groups excluding carboxylic acids is 1. The van der Waals surface area contributed by atoms with Crippen molar-refractivity contribution in [1.29, 1.82) is 0 Å². The van der Waals surface area contributed by atoms with Crippen LogP contribution in [0.15, 0.2) is 0 Å². The van der Waals surface area contributed by atoms with E-state index in [0.29, 0.717) is 18.9 Å². The fourth-order valence-electron chi connectivity index (χ4n) is 1.49. The lowest BCUT2D eigenvalue weighted by molar-refractivity contribution is -0.122. The largest absolute Gasteiger partial charge is 0.393 e. The monoisotopic (exact) mass is 217 g/mol. The summed E-state index contributed by atoms with van der Waals surface area (Å²) in [5, 5.41) is 12.0. The van der Waals surface area contributed by atoms with Gasteiger partial charge >= 0.3 is 0 Å². The molecule has 2 N–H and O–H groups in total. The van der Waals surface area contributed by atoms with Gasteiger partial charge in [-0.3, -0.25) is 4.79 Å². The number of aliphatic hydroxyl groups excluding tert-OH is 1. The second-order valence-corrected chi connectivity index (χ2v) is 5.02. The highest BCUT2D eigenvalue weighted by Gasteiger charge is 2.15. The number of hydrogen-bond acceptors (Lipinski definition) is 3. The van der Waals surface area contributed by atoms with Crippen LogP contribution in [-0.2, 0) is 4.79 Å². The minimum Gasteiger partial charge on any atom is -0.393 e. The fraction of sp³-hybridized carbons (Fsp3) is 0.900.